The molecule has 2 heterocycles. The van der Waals surface area contributed by atoms with E-state index in [1.54, 1.807) is 0 Å². The van der Waals surface area contributed by atoms with Gasteiger partial charge in [-0.25, -0.2) is 0 Å². The van der Waals surface area contributed by atoms with Crippen LogP contribution >= 0.6 is 24.0 Å². The van der Waals surface area contributed by atoms with Gasteiger partial charge in [-0.3, -0.25) is 9.69 Å². The zero-order valence-electron chi connectivity index (χ0n) is 8.15. The molecule has 2 rings (SSSR count). The maximum Gasteiger partial charge on any atom is 0.240 e. The Kier molecular flexibility index (Phi) is 3.48. The molecule has 0 bridgehead atoms. The third kappa shape index (κ3) is 1.85. The first kappa shape index (κ1) is 12.2. The van der Waals surface area contributed by atoms with Gasteiger partial charge in [-0.2, -0.15) is 0 Å². The number of amides is 1. The number of aliphatic hydroxyl groups excluding tert-OH is 3. The number of rotatable bonds is 2. The third-order valence-corrected chi connectivity index (χ3v) is 3.94. The van der Waals surface area contributed by atoms with Crippen LogP contribution in [0.1, 0.15) is 0 Å². The number of hydrogen-bond donors (Lipinski definition) is 3. The van der Waals surface area contributed by atoms with Crippen LogP contribution in [0.25, 0.3) is 0 Å². The van der Waals surface area contributed by atoms with E-state index in [4.69, 9.17) is 22.1 Å². The number of nitrogens with zero attached hydrogens (tertiary/aromatic N) is 1. The number of carbonyl (C=O) groups excluding carboxylic acids is 1. The molecule has 0 aromatic rings. The van der Waals surface area contributed by atoms with Crippen LogP contribution in [0.4, 0.5) is 0 Å². The molecule has 0 spiro atoms. The second-order valence-corrected chi connectivity index (χ2v) is 5.16. The van der Waals surface area contributed by atoms with Crippen molar-refractivity contribution in [2.45, 2.75) is 24.5 Å². The van der Waals surface area contributed by atoms with E-state index in [1.807, 2.05) is 0 Å². The fourth-order valence-corrected chi connectivity index (χ4v) is 2.82. The van der Waals surface area contributed by atoms with Crippen molar-refractivity contribution in [2.24, 2.45) is 0 Å². The molecule has 2 aliphatic heterocycles. The molecule has 90 valence electrons. The van der Waals surface area contributed by atoms with Crippen LogP contribution in [0, 0.1) is 0 Å². The summed E-state index contributed by atoms with van der Waals surface area (Å²) in [5.41, 5.74) is 0. The van der Waals surface area contributed by atoms with Gasteiger partial charge in [0, 0.05) is 0 Å². The van der Waals surface area contributed by atoms with Gasteiger partial charge in [0.15, 0.2) is 6.23 Å². The molecule has 1 amide bonds. The van der Waals surface area contributed by atoms with Crippen molar-refractivity contribution >= 4 is 34.2 Å². The summed E-state index contributed by atoms with van der Waals surface area (Å²) in [6, 6.07) is 0. The molecule has 0 aliphatic carbocycles. The lowest BCUT2D eigenvalue weighted by molar-refractivity contribution is -0.138. The van der Waals surface area contributed by atoms with Crippen LogP contribution in [-0.2, 0) is 9.53 Å². The number of ether oxygens (including phenoxy) is 1. The van der Waals surface area contributed by atoms with E-state index in [2.05, 4.69) is 0 Å². The molecule has 2 saturated heterocycles. The topological polar surface area (TPSA) is 90.2 Å². The van der Waals surface area contributed by atoms with Crippen LogP contribution in [0.5, 0.6) is 0 Å². The fraction of sp³-hybridized carbons (Fsp3) is 0.750. The fourth-order valence-electron chi connectivity index (χ4n) is 1.70. The lowest BCUT2D eigenvalue weighted by atomic mass is 10.1. The van der Waals surface area contributed by atoms with Gasteiger partial charge < -0.3 is 20.1 Å². The van der Waals surface area contributed by atoms with E-state index in [1.165, 1.54) is 11.8 Å². The van der Waals surface area contributed by atoms with Gasteiger partial charge in [0.05, 0.1) is 12.4 Å². The lowest BCUT2D eigenvalue weighted by Gasteiger charge is -2.24. The van der Waals surface area contributed by atoms with Gasteiger partial charge in [0.2, 0.25) is 5.91 Å². The van der Waals surface area contributed by atoms with Gasteiger partial charge in [-0.05, 0) is 0 Å². The highest BCUT2D eigenvalue weighted by Crippen LogP contribution is 2.30. The smallest absolute Gasteiger partial charge is 0.240 e. The number of carbonyl (C=O) groups is 1. The Morgan fingerprint density at radius 3 is 2.62 bits per heavy atom. The van der Waals surface area contributed by atoms with E-state index in [0.29, 0.717) is 4.32 Å². The molecule has 0 aromatic heterocycles. The van der Waals surface area contributed by atoms with E-state index >= 15 is 0 Å². The largest absolute Gasteiger partial charge is 0.394 e. The highest BCUT2D eigenvalue weighted by Gasteiger charge is 2.49. The number of thiocarbonyl (C=S) groups is 1. The second-order valence-electron chi connectivity index (χ2n) is 3.55. The van der Waals surface area contributed by atoms with Crippen molar-refractivity contribution in [3.05, 3.63) is 0 Å². The molecule has 0 aromatic carbocycles. The van der Waals surface area contributed by atoms with E-state index < -0.39 is 31.1 Å². The maximum atomic E-state index is 11.5. The summed E-state index contributed by atoms with van der Waals surface area (Å²) in [4.78, 5) is 12.7. The molecule has 4 atom stereocenters. The molecule has 6 nitrogen and oxygen atoms in total. The predicted molar refractivity (Wildman–Crippen MR) is 59.7 cm³/mol. The van der Waals surface area contributed by atoms with Crippen molar-refractivity contribution in [1.82, 2.24) is 4.90 Å². The molecule has 2 fully saturated rings. The van der Waals surface area contributed by atoms with Crippen molar-refractivity contribution < 1.29 is 24.9 Å². The molecule has 16 heavy (non-hydrogen) atoms. The summed E-state index contributed by atoms with van der Waals surface area (Å²) in [5, 5.41) is 28.2. The Balaban J connectivity index is 2.16. The van der Waals surface area contributed by atoms with Crippen molar-refractivity contribution in [1.29, 1.82) is 0 Å². The van der Waals surface area contributed by atoms with E-state index in [0.717, 1.165) is 4.90 Å². The van der Waals surface area contributed by atoms with Gasteiger partial charge in [0.1, 0.15) is 22.6 Å². The zero-order chi connectivity index (χ0) is 11.9. The van der Waals surface area contributed by atoms with Gasteiger partial charge in [-0.15, -0.1) is 0 Å². The average molecular weight is 265 g/mol. The lowest BCUT2D eigenvalue weighted by Crippen LogP contribution is -2.46. The summed E-state index contributed by atoms with van der Waals surface area (Å²) in [5.74, 6) is -0.0458. The molecule has 0 unspecified atom stereocenters. The third-order valence-electron chi connectivity index (χ3n) is 2.56. The van der Waals surface area contributed by atoms with Crippen molar-refractivity contribution in [2.75, 3.05) is 12.4 Å². The maximum absolute atomic E-state index is 11.5. The quantitative estimate of drug-likeness (QED) is 0.512. The molecule has 3 N–H and O–H groups in total. The van der Waals surface area contributed by atoms with Gasteiger partial charge >= 0.3 is 0 Å². The number of thioether (sulfide) groups is 1. The minimum atomic E-state index is -1.25. The number of aliphatic hydroxyl groups is 3. The summed E-state index contributed by atoms with van der Waals surface area (Å²) >= 11 is 6.14. The normalized spacial score (nSPS) is 39.8. The Bertz CT molecular complexity index is 310. The van der Waals surface area contributed by atoms with Gasteiger partial charge in [-0.1, -0.05) is 24.0 Å². The van der Waals surface area contributed by atoms with Gasteiger partial charge in [0.25, 0.3) is 0 Å². The molecular formula is C8H11NO5S2. The number of hydrogen-bond acceptors (Lipinski definition) is 7. The highest BCUT2D eigenvalue weighted by atomic mass is 32.2. The summed E-state index contributed by atoms with van der Waals surface area (Å²) < 4.78 is 5.53. The SMILES string of the molecule is O=C1CSC(=S)N1[C@H]1O[C@@H](CO)[C@@H](O)[C@@H]1O. The van der Waals surface area contributed by atoms with Crippen LogP contribution in [0.3, 0.4) is 0 Å². The first-order valence-electron chi connectivity index (χ1n) is 4.67. The first-order valence-corrected chi connectivity index (χ1v) is 6.07. The Morgan fingerprint density at radius 1 is 1.50 bits per heavy atom. The monoisotopic (exact) mass is 265 g/mol. The zero-order valence-corrected chi connectivity index (χ0v) is 9.78. The molecule has 8 heteroatoms. The van der Waals surface area contributed by atoms with Crippen LogP contribution in [0.2, 0.25) is 0 Å². The molecule has 0 radical (unpaired) electrons. The van der Waals surface area contributed by atoms with E-state index in [-0.39, 0.29) is 11.7 Å². The molecule has 2 aliphatic rings. The standard InChI is InChI=1S/C8H11NO5S2/c10-1-3-5(12)6(13)7(14-3)9-4(11)2-16-8(9)15/h3,5-7,10,12-13H,1-2H2/t3-,5+,6-,7-/m0/s1. The Morgan fingerprint density at radius 2 is 2.19 bits per heavy atom. The molecular weight excluding hydrogens is 254 g/mol. The van der Waals surface area contributed by atoms with Crippen molar-refractivity contribution in [3.8, 4) is 0 Å². The minimum Gasteiger partial charge on any atom is -0.394 e. The second kappa shape index (κ2) is 4.55. The first-order chi connectivity index (χ1) is 7.56. The Hall–Kier alpha value is -0.250. The average Bonchev–Trinajstić information content (AvgIpc) is 2.72. The molecule has 0 saturated carbocycles. The minimum absolute atomic E-state index is 0.214. The van der Waals surface area contributed by atoms with Crippen LogP contribution < -0.4 is 0 Å². The van der Waals surface area contributed by atoms with Crippen molar-refractivity contribution in [3.63, 3.8) is 0 Å². The summed E-state index contributed by atoms with van der Waals surface area (Å²) in [7, 11) is 0. The van der Waals surface area contributed by atoms with Crippen LogP contribution in [0.15, 0.2) is 0 Å². The van der Waals surface area contributed by atoms with Crippen LogP contribution in [-0.4, -0.2) is 67.3 Å². The summed E-state index contributed by atoms with van der Waals surface area (Å²) in [6.07, 6.45) is -4.35. The summed E-state index contributed by atoms with van der Waals surface area (Å²) in [6.45, 7) is -0.420. The highest BCUT2D eigenvalue weighted by molar-refractivity contribution is 8.23. The predicted octanol–water partition coefficient (Wildman–Crippen LogP) is -1.71. The Labute approximate surface area is 101 Å². The van der Waals surface area contributed by atoms with E-state index in [9.17, 15) is 15.0 Å².